The molecule has 0 aliphatic heterocycles. The van der Waals surface area contributed by atoms with Crippen molar-refractivity contribution in [3.63, 3.8) is 0 Å². The number of benzene rings is 1. The molecule has 3 aromatic rings. The zero-order valence-electron chi connectivity index (χ0n) is 13.4. The Bertz CT molecular complexity index is 943. The van der Waals surface area contributed by atoms with E-state index in [9.17, 15) is 9.59 Å². The molecule has 122 valence electrons. The molecule has 0 fully saturated rings. The Morgan fingerprint density at radius 2 is 2.08 bits per heavy atom. The molecule has 6 heteroatoms. The van der Waals surface area contributed by atoms with Crippen molar-refractivity contribution in [3.05, 3.63) is 58.5 Å². The van der Waals surface area contributed by atoms with Gasteiger partial charge in [0, 0.05) is 36.0 Å². The van der Waals surface area contributed by atoms with Crippen molar-refractivity contribution in [3.8, 4) is 11.3 Å². The first-order valence-electron chi connectivity index (χ1n) is 7.46. The minimum absolute atomic E-state index is 0.00190. The predicted molar refractivity (Wildman–Crippen MR) is 93.0 cm³/mol. The lowest BCUT2D eigenvalue weighted by molar-refractivity contribution is -0.119. The highest BCUT2D eigenvalue weighted by molar-refractivity contribution is 5.95. The lowest BCUT2D eigenvalue weighted by Crippen LogP contribution is -2.17. The molecule has 3 rings (SSSR count). The number of amides is 1. The Morgan fingerprint density at radius 3 is 2.79 bits per heavy atom. The molecule has 0 unspecified atom stereocenters. The minimum atomic E-state index is -0.217. The van der Waals surface area contributed by atoms with Gasteiger partial charge in [0.15, 0.2) is 0 Å². The van der Waals surface area contributed by atoms with Crippen molar-refractivity contribution in [2.24, 2.45) is 0 Å². The van der Waals surface area contributed by atoms with Crippen molar-refractivity contribution in [2.45, 2.75) is 6.92 Å². The number of aromatic amines is 1. The van der Waals surface area contributed by atoms with E-state index in [0.717, 1.165) is 27.7 Å². The second kappa shape index (κ2) is 6.64. The number of hydrogen-bond acceptors (Lipinski definition) is 4. The molecule has 2 heterocycles. The molecule has 0 radical (unpaired) electrons. The number of pyridine rings is 2. The van der Waals surface area contributed by atoms with Gasteiger partial charge in [0.2, 0.25) is 11.5 Å². The van der Waals surface area contributed by atoms with E-state index in [4.69, 9.17) is 4.74 Å². The van der Waals surface area contributed by atoms with Gasteiger partial charge >= 0.3 is 0 Å². The third-order valence-electron chi connectivity index (χ3n) is 3.66. The third kappa shape index (κ3) is 3.33. The Labute approximate surface area is 138 Å². The molecule has 0 bridgehead atoms. The molecule has 0 atom stereocenters. The molecule has 0 saturated carbocycles. The lowest BCUT2D eigenvalue weighted by atomic mass is 10.1. The first-order chi connectivity index (χ1) is 11.6. The van der Waals surface area contributed by atoms with Crippen LogP contribution >= 0.6 is 0 Å². The summed E-state index contributed by atoms with van der Waals surface area (Å²) in [6.45, 7) is 2.00. The molecular formula is C18H17N3O3. The van der Waals surface area contributed by atoms with Crippen LogP contribution in [0.25, 0.3) is 22.2 Å². The number of carbonyl (C=O) groups is 1. The summed E-state index contributed by atoms with van der Waals surface area (Å²) in [5, 5.41) is 3.78. The lowest BCUT2D eigenvalue weighted by Gasteiger charge is -2.09. The molecule has 0 aliphatic carbocycles. The average molecular weight is 323 g/mol. The molecule has 2 N–H and O–H groups in total. The smallest absolute Gasteiger partial charge is 0.250 e. The van der Waals surface area contributed by atoms with Crippen LogP contribution in [-0.2, 0) is 9.53 Å². The molecule has 0 aliphatic rings. The zero-order valence-corrected chi connectivity index (χ0v) is 13.4. The molecule has 1 amide bonds. The standard InChI is InChI=1S/C18H17N3O3/c1-11-7-15(12-3-6-17(22)19-9-12)21-16-8-13(4-5-14(11)16)20-18(23)10-24-2/h3-9H,10H2,1-2H3,(H,19,22)(H,20,23). The topological polar surface area (TPSA) is 84.1 Å². The highest BCUT2D eigenvalue weighted by atomic mass is 16.5. The Morgan fingerprint density at radius 1 is 1.25 bits per heavy atom. The number of anilines is 1. The number of rotatable bonds is 4. The minimum Gasteiger partial charge on any atom is -0.375 e. The molecule has 6 nitrogen and oxygen atoms in total. The molecule has 0 spiro atoms. The number of aromatic nitrogens is 2. The van der Waals surface area contributed by atoms with Crippen molar-refractivity contribution >= 4 is 22.5 Å². The highest BCUT2D eigenvalue weighted by Crippen LogP contribution is 2.25. The summed E-state index contributed by atoms with van der Waals surface area (Å²) in [4.78, 5) is 30.1. The number of hydrogen-bond donors (Lipinski definition) is 2. The predicted octanol–water partition coefficient (Wildman–Crippen LogP) is 2.48. The summed E-state index contributed by atoms with van der Waals surface area (Å²) in [7, 11) is 1.47. The number of fused-ring (bicyclic) bond motifs is 1. The van der Waals surface area contributed by atoms with E-state index in [1.54, 1.807) is 12.3 Å². The van der Waals surface area contributed by atoms with Gasteiger partial charge in [-0.25, -0.2) is 4.98 Å². The van der Waals surface area contributed by atoms with Crippen LogP contribution in [0.15, 0.2) is 47.4 Å². The fourth-order valence-corrected chi connectivity index (χ4v) is 2.53. The van der Waals surface area contributed by atoms with Gasteiger partial charge in [-0.05, 0) is 36.8 Å². The third-order valence-corrected chi connectivity index (χ3v) is 3.66. The zero-order chi connectivity index (χ0) is 17.1. The van der Waals surface area contributed by atoms with E-state index in [1.807, 2.05) is 31.2 Å². The van der Waals surface area contributed by atoms with Gasteiger partial charge in [-0.1, -0.05) is 6.07 Å². The molecule has 0 saturated heterocycles. The summed E-state index contributed by atoms with van der Waals surface area (Å²) >= 11 is 0. The maximum atomic E-state index is 11.6. The van der Waals surface area contributed by atoms with Crippen LogP contribution in [0, 0.1) is 6.92 Å². The van der Waals surface area contributed by atoms with Crippen LogP contribution in [0.1, 0.15) is 5.56 Å². The van der Waals surface area contributed by atoms with Crippen LogP contribution in [0.4, 0.5) is 5.69 Å². The van der Waals surface area contributed by atoms with E-state index < -0.39 is 0 Å². The summed E-state index contributed by atoms with van der Waals surface area (Å²) in [5.74, 6) is -0.217. The van der Waals surface area contributed by atoms with Crippen molar-refractivity contribution in [1.29, 1.82) is 0 Å². The summed E-state index contributed by atoms with van der Waals surface area (Å²) in [6, 6.07) is 10.8. The van der Waals surface area contributed by atoms with Gasteiger partial charge < -0.3 is 15.0 Å². The van der Waals surface area contributed by atoms with E-state index in [0.29, 0.717) is 5.69 Å². The fraction of sp³-hybridized carbons (Fsp3) is 0.167. The molecule has 1 aromatic carbocycles. The average Bonchev–Trinajstić information content (AvgIpc) is 2.55. The van der Waals surface area contributed by atoms with Crippen molar-refractivity contribution in [2.75, 3.05) is 19.0 Å². The summed E-state index contributed by atoms with van der Waals surface area (Å²) in [5.41, 5.74) is 3.93. The molecular weight excluding hydrogens is 306 g/mol. The normalized spacial score (nSPS) is 10.8. The first kappa shape index (κ1) is 15.9. The van der Waals surface area contributed by atoms with E-state index in [-0.39, 0.29) is 18.1 Å². The monoisotopic (exact) mass is 323 g/mol. The van der Waals surface area contributed by atoms with Crippen LogP contribution in [0.3, 0.4) is 0 Å². The second-order valence-electron chi connectivity index (χ2n) is 5.48. The number of nitrogens with zero attached hydrogens (tertiary/aromatic N) is 1. The van der Waals surface area contributed by atoms with Crippen LogP contribution in [0.5, 0.6) is 0 Å². The molecule has 2 aromatic heterocycles. The number of aryl methyl sites for hydroxylation is 1. The Balaban J connectivity index is 2.02. The Hall–Kier alpha value is -2.99. The largest absolute Gasteiger partial charge is 0.375 e. The van der Waals surface area contributed by atoms with E-state index >= 15 is 0 Å². The van der Waals surface area contributed by atoms with E-state index in [1.165, 1.54) is 13.2 Å². The maximum Gasteiger partial charge on any atom is 0.250 e. The van der Waals surface area contributed by atoms with Gasteiger partial charge in [-0.3, -0.25) is 9.59 Å². The quantitative estimate of drug-likeness (QED) is 0.772. The highest BCUT2D eigenvalue weighted by Gasteiger charge is 2.08. The van der Waals surface area contributed by atoms with Gasteiger partial charge in [-0.2, -0.15) is 0 Å². The fourth-order valence-electron chi connectivity index (χ4n) is 2.53. The maximum absolute atomic E-state index is 11.6. The summed E-state index contributed by atoms with van der Waals surface area (Å²) in [6.07, 6.45) is 1.64. The first-order valence-corrected chi connectivity index (χ1v) is 7.46. The van der Waals surface area contributed by atoms with Gasteiger partial charge in [0.05, 0.1) is 11.2 Å². The SMILES string of the molecule is COCC(=O)Nc1ccc2c(C)cc(-c3ccc(=O)[nH]c3)nc2c1. The number of nitrogens with one attached hydrogen (secondary N) is 2. The number of ether oxygens (including phenoxy) is 1. The number of carbonyl (C=O) groups excluding carboxylic acids is 1. The van der Waals surface area contributed by atoms with Crippen LogP contribution in [-0.4, -0.2) is 29.6 Å². The van der Waals surface area contributed by atoms with Gasteiger partial charge in [0.1, 0.15) is 6.61 Å². The van der Waals surface area contributed by atoms with E-state index in [2.05, 4.69) is 15.3 Å². The number of H-pyrrole nitrogens is 1. The van der Waals surface area contributed by atoms with Gasteiger partial charge in [0.25, 0.3) is 0 Å². The van der Waals surface area contributed by atoms with Crippen molar-refractivity contribution in [1.82, 2.24) is 9.97 Å². The number of methoxy groups -OCH3 is 1. The Kier molecular flexibility index (Phi) is 4.39. The van der Waals surface area contributed by atoms with Crippen LogP contribution in [0.2, 0.25) is 0 Å². The van der Waals surface area contributed by atoms with Crippen molar-refractivity contribution < 1.29 is 9.53 Å². The van der Waals surface area contributed by atoms with Crippen LogP contribution < -0.4 is 10.9 Å². The second-order valence-corrected chi connectivity index (χ2v) is 5.48. The summed E-state index contributed by atoms with van der Waals surface area (Å²) < 4.78 is 4.81. The van der Waals surface area contributed by atoms with Gasteiger partial charge in [-0.15, -0.1) is 0 Å². The molecule has 24 heavy (non-hydrogen) atoms.